The second-order valence-electron chi connectivity index (χ2n) is 10.5. The van der Waals surface area contributed by atoms with Gasteiger partial charge in [0.15, 0.2) is 5.82 Å². The van der Waals surface area contributed by atoms with E-state index < -0.39 is 0 Å². The number of fused-ring (bicyclic) bond motifs is 1. The minimum Gasteiger partial charge on any atom is -0.494 e. The highest BCUT2D eigenvalue weighted by Gasteiger charge is 2.21. The van der Waals surface area contributed by atoms with E-state index in [2.05, 4.69) is 44.2 Å². The molecule has 0 saturated carbocycles. The fraction of sp³-hybridized carbons (Fsp3) is 0.515. The summed E-state index contributed by atoms with van der Waals surface area (Å²) in [7, 11) is 0. The Morgan fingerprint density at radius 3 is 2.06 bits per heavy atom. The zero-order valence-corrected chi connectivity index (χ0v) is 22.5. The highest BCUT2D eigenvalue weighted by atomic mass is 16.5. The second kappa shape index (κ2) is 14.2. The van der Waals surface area contributed by atoms with Crippen molar-refractivity contribution < 1.29 is 4.74 Å². The van der Waals surface area contributed by atoms with E-state index in [1.165, 1.54) is 88.2 Å². The molecule has 1 atom stereocenters. The maximum atomic E-state index is 5.87. The Kier molecular flexibility index (Phi) is 10.4. The van der Waals surface area contributed by atoms with Gasteiger partial charge < -0.3 is 4.74 Å². The lowest BCUT2D eigenvalue weighted by atomic mass is 9.97. The van der Waals surface area contributed by atoms with Crippen LogP contribution in [0.5, 0.6) is 5.75 Å². The maximum absolute atomic E-state index is 5.87. The van der Waals surface area contributed by atoms with E-state index in [-0.39, 0.29) is 0 Å². The van der Waals surface area contributed by atoms with E-state index in [1.807, 2.05) is 24.5 Å². The maximum Gasteiger partial charge on any atom is 0.159 e. The van der Waals surface area contributed by atoms with Gasteiger partial charge in [0.05, 0.1) is 6.61 Å². The molecule has 36 heavy (non-hydrogen) atoms. The van der Waals surface area contributed by atoms with Crippen LogP contribution in [0, 0.1) is 5.92 Å². The number of ether oxygens (including phenoxy) is 1. The normalized spacial score (nSPS) is 14.7. The van der Waals surface area contributed by atoms with E-state index in [9.17, 15) is 0 Å². The SMILES string of the molecule is CCCCCCCCC1Cc2ccc(-c3ncc(-c4ccc(OCCCCCC)cc4)cn3)cc2C1. The molecule has 4 rings (SSSR count). The number of benzene rings is 2. The topological polar surface area (TPSA) is 35.0 Å². The summed E-state index contributed by atoms with van der Waals surface area (Å²) in [5.74, 6) is 2.56. The van der Waals surface area contributed by atoms with Crippen molar-refractivity contribution in [1.29, 1.82) is 0 Å². The molecule has 1 aromatic heterocycles. The van der Waals surface area contributed by atoms with Crippen molar-refractivity contribution in [3.05, 3.63) is 66.0 Å². The zero-order valence-electron chi connectivity index (χ0n) is 22.5. The molecule has 0 fully saturated rings. The van der Waals surface area contributed by atoms with Gasteiger partial charge >= 0.3 is 0 Å². The third-order valence-corrected chi connectivity index (χ3v) is 7.55. The predicted octanol–water partition coefficient (Wildman–Crippen LogP) is 9.24. The number of hydrogen-bond donors (Lipinski definition) is 0. The zero-order chi connectivity index (χ0) is 25.0. The Morgan fingerprint density at radius 2 is 1.31 bits per heavy atom. The Labute approximate surface area is 218 Å². The van der Waals surface area contributed by atoms with E-state index in [0.29, 0.717) is 0 Å². The Morgan fingerprint density at radius 1 is 0.667 bits per heavy atom. The molecule has 192 valence electrons. The van der Waals surface area contributed by atoms with E-state index >= 15 is 0 Å². The summed E-state index contributed by atoms with van der Waals surface area (Å²) in [5, 5.41) is 0. The minimum absolute atomic E-state index is 0.789. The summed E-state index contributed by atoms with van der Waals surface area (Å²) >= 11 is 0. The molecule has 3 nitrogen and oxygen atoms in total. The van der Waals surface area contributed by atoms with Crippen LogP contribution in [-0.4, -0.2) is 16.6 Å². The highest BCUT2D eigenvalue weighted by molar-refractivity contribution is 5.65. The monoisotopic (exact) mass is 484 g/mol. The van der Waals surface area contributed by atoms with Gasteiger partial charge in [-0.1, -0.05) is 95.9 Å². The van der Waals surface area contributed by atoms with Crippen LogP contribution in [0.3, 0.4) is 0 Å². The average molecular weight is 485 g/mol. The van der Waals surface area contributed by atoms with Crippen molar-refractivity contribution in [2.24, 2.45) is 5.92 Å². The lowest BCUT2D eigenvalue weighted by Gasteiger charge is -2.08. The number of unbranched alkanes of at least 4 members (excludes halogenated alkanes) is 8. The smallest absolute Gasteiger partial charge is 0.159 e. The first-order valence-electron chi connectivity index (χ1n) is 14.4. The van der Waals surface area contributed by atoms with Crippen LogP contribution in [-0.2, 0) is 12.8 Å². The van der Waals surface area contributed by atoms with E-state index in [0.717, 1.165) is 47.2 Å². The molecule has 3 aromatic rings. The van der Waals surface area contributed by atoms with Gasteiger partial charge in [-0.25, -0.2) is 9.97 Å². The van der Waals surface area contributed by atoms with E-state index in [1.54, 1.807) is 0 Å². The van der Waals surface area contributed by atoms with Gasteiger partial charge in [0.2, 0.25) is 0 Å². The summed E-state index contributed by atoms with van der Waals surface area (Å²) in [6, 6.07) is 15.1. The van der Waals surface area contributed by atoms with Gasteiger partial charge in [0.1, 0.15) is 5.75 Å². The van der Waals surface area contributed by atoms with Crippen LogP contribution in [0.4, 0.5) is 0 Å². The Hall–Kier alpha value is -2.68. The lowest BCUT2D eigenvalue weighted by molar-refractivity contribution is 0.305. The molecule has 0 N–H and O–H groups in total. The van der Waals surface area contributed by atoms with Crippen molar-refractivity contribution in [2.45, 2.75) is 97.3 Å². The summed E-state index contributed by atoms with van der Waals surface area (Å²) in [6.45, 7) is 5.31. The second-order valence-corrected chi connectivity index (χ2v) is 10.5. The average Bonchev–Trinajstić information content (AvgIpc) is 3.33. The third kappa shape index (κ3) is 7.66. The number of aromatic nitrogens is 2. The third-order valence-electron chi connectivity index (χ3n) is 7.55. The molecule has 0 spiro atoms. The molecule has 0 saturated heterocycles. The summed E-state index contributed by atoms with van der Waals surface area (Å²) < 4.78 is 5.87. The van der Waals surface area contributed by atoms with Crippen LogP contribution in [0.15, 0.2) is 54.9 Å². The summed E-state index contributed by atoms with van der Waals surface area (Å²) in [4.78, 5) is 9.43. The quantitative estimate of drug-likeness (QED) is 0.202. The molecular weight excluding hydrogens is 440 g/mol. The number of hydrogen-bond acceptors (Lipinski definition) is 3. The molecule has 1 aliphatic carbocycles. The van der Waals surface area contributed by atoms with Crippen LogP contribution in [0.2, 0.25) is 0 Å². The first-order valence-corrected chi connectivity index (χ1v) is 14.4. The fourth-order valence-electron chi connectivity index (χ4n) is 5.35. The van der Waals surface area contributed by atoms with Crippen molar-refractivity contribution in [2.75, 3.05) is 6.61 Å². The minimum atomic E-state index is 0.789. The van der Waals surface area contributed by atoms with Gasteiger partial charge in [0.25, 0.3) is 0 Å². The molecule has 2 aromatic carbocycles. The molecule has 3 heteroatoms. The van der Waals surface area contributed by atoms with Gasteiger partial charge in [-0.2, -0.15) is 0 Å². The van der Waals surface area contributed by atoms with Crippen molar-refractivity contribution in [1.82, 2.24) is 9.97 Å². The molecule has 1 aliphatic rings. The molecule has 0 bridgehead atoms. The first-order chi connectivity index (χ1) is 17.8. The largest absolute Gasteiger partial charge is 0.494 e. The molecule has 1 heterocycles. The molecule has 0 aliphatic heterocycles. The van der Waals surface area contributed by atoms with E-state index in [4.69, 9.17) is 14.7 Å². The summed E-state index contributed by atoms with van der Waals surface area (Å²) in [5.41, 5.74) is 6.31. The standard InChI is InChI=1S/C33H44N2O/c1-3-5-7-9-10-11-13-26-21-28-14-15-29(23-30(28)22-26)33-34-24-31(25-35-33)27-16-18-32(19-17-27)36-20-12-8-6-4-2/h14-19,23-26H,3-13,20-22H2,1-2H3. The van der Waals surface area contributed by atoms with Gasteiger partial charge in [-0.15, -0.1) is 0 Å². The van der Waals surface area contributed by atoms with Crippen LogP contribution < -0.4 is 4.74 Å². The molecule has 0 radical (unpaired) electrons. The molecule has 0 amide bonds. The molecule has 1 unspecified atom stereocenters. The first kappa shape index (κ1) is 26.4. The Balaban J connectivity index is 1.28. The van der Waals surface area contributed by atoms with Crippen LogP contribution in [0.25, 0.3) is 22.5 Å². The number of rotatable bonds is 15. The molecular formula is C33H44N2O. The Bertz CT molecular complexity index is 1040. The van der Waals surface area contributed by atoms with Gasteiger partial charge in [-0.05, 0) is 66.5 Å². The predicted molar refractivity (Wildman–Crippen MR) is 151 cm³/mol. The van der Waals surface area contributed by atoms with Crippen molar-refractivity contribution >= 4 is 0 Å². The van der Waals surface area contributed by atoms with Gasteiger partial charge in [0, 0.05) is 23.5 Å². The van der Waals surface area contributed by atoms with Gasteiger partial charge in [-0.3, -0.25) is 0 Å². The van der Waals surface area contributed by atoms with Crippen LogP contribution >= 0.6 is 0 Å². The van der Waals surface area contributed by atoms with Crippen LogP contribution in [0.1, 0.15) is 95.6 Å². The number of nitrogens with zero attached hydrogens (tertiary/aromatic N) is 2. The van der Waals surface area contributed by atoms with Crippen molar-refractivity contribution in [3.63, 3.8) is 0 Å². The van der Waals surface area contributed by atoms with Crippen molar-refractivity contribution in [3.8, 4) is 28.3 Å². The highest BCUT2D eigenvalue weighted by Crippen LogP contribution is 2.33. The summed E-state index contributed by atoms with van der Waals surface area (Å²) in [6.07, 6.45) is 20.9. The lowest BCUT2D eigenvalue weighted by Crippen LogP contribution is -1.99. The fourth-order valence-corrected chi connectivity index (χ4v) is 5.35.